The zero-order chi connectivity index (χ0) is 9.38. The summed E-state index contributed by atoms with van der Waals surface area (Å²) in [5.41, 5.74) is 3.04. The average Bonchev–Trinajstić information content (AvgIpc) is 2.29. The van der Waals surface area contributed by atoms with Gasteiger partial charge in [-0.2, -0.15) is 0 Å². The number of fused-ring (bicyclic) bond motifs is 3. The predicted octanol–water partition coefficient (Wildman–Crippen LogP) is 1.90. The molecule has 0 fully saturated rings. The standard InChI is InChI=1S/C11H8N2O/c1-2-4-11-9(3-1)8-5-6-12-7-10(8)13-14-11/h1-5,7H,6H2. The molecule has 14 heavy (non-hydrogen) atoms. The minimum atomic E-state index is 0.725. The Morgan fingerprint density at radius 3 is 3.14 bits per heavy atom. The normalized spacial score (nSPS) is 17.4. The summed E-state index contributed by atoms with van der Waals surface area (Å²) in [6.07, 6.45) is 3.82. The number of para-hydroxylation sites is 1. The quantitative estimate of drug-likeness (QED) is 0.606. The number of dihydropyridines is 1. The molecule has 0 radical (unpaired) electrons. The van der Waals surface area contributed by atoms with Crippen LogP contribution in [-0.2, 0) is 0 Å². The maximum Gasteiger partial charge on any atom is 0.165 e. The van der Waals surface area contributed by atoms with Crippen molar-refractivity contribution in [2.24, 2.45) is 10.1 Å². The van der Waals surface area contributed by atoms with Crippen molar-refractivity contribution in [2.45, 2.75) is 0 Å². The van der Waals surface area contributed by atoms with Gasteiger partial charge >= 0.3 is 0 Å². The van der Waals surface area contributed by atoms with Crippen molar-refractivity contribution in [3.8, 4) is 5.75 Å². The van der Waals surface area contributed by atoms with E-state index in [9.17, 15) is 0 Å². The number of rotatable bonds is 0. The van der Waals surface area contributed by atoms with E-state index in [-0.39, 0.29) is 0 Å². The van der Waals surface area contributed by atoms with Crippen LogP contribution in [0.1, 0.15) is 5.56 Å². The van der Waals surface area contributed by atoms with Gasteiger partial charge in [0.1, 0.15) is 5.71 Å². The molecule has 0 aliphatic carbocycles. The van der Waals surface area contributed by atoms with E-state index in [0.29, 0.717) is 0 Å². The van der Waals surface area contributed by atoms with Crippen LogP contribution in [0.25, 0.3) is 5.57 Å². The van der Waals surface area contributed by atoms with Crippen molar-refractivity contribution in [1.29, 1.82) is 0 Å². The fourth-order valence-corrected chi connectivity index (χ4v) is 1.65. The summed E-state index contributed by atoms with van der Waals surface area (Å²) < 4.78 is 0. The van der Waals surface area contributed by atoms with Crippen LogP contribution in [0.3, 0.4) is 0 Å². The SMILES string of the molecule is C1=NCC=C2C1=NOc1ccccc12. The summed E-state index contributed by atoms with van der Waals surface area (Å²) in [5.74, 6) is 0.817. The van der Waals surface area contributed by atoms with Crippen molar-refractivity contribution >= 4 is 17.5 Å². The van der Waals surface area contributed by atoms with E-state index in [4.69, 9.17) is 4.84 Å². The molecule has 0 unspecified atom stereocenters. The molecule has 3 nitrogen and oxygen atoms in total. The van der Waals surface area contributed by atoms with Crippen molar-refractivity contribution in [2.75, 3.05) is 6.54 Å². The summed E-state index contributed by atoms with van der Waals surface area (Å²) in [7, 11) is 0. The lowest BCUT2D eigenvalue weighted by Crippen LogP contribution is -2.15. The predicted molar refractivity (Wildman–Crippen MR) is 55.8 cm³/mol. The Bertz CT molecular complexity index is 472. The largest absolute Gasteiger partial charge is 0.356 e. The van der Waals surface area contributed by atoms with Crippen molar-refractivity contribution < 1.29 is 4.84 Å². The molecule has 0 atom stereocenters. The van der Waals surface area contributed by atoms with Crippen LogP contribution in [0, 0.1) is 0 Å². The Morgan fingerprint density at radius 1 is 1.21 bits per heavy atom. The number of aliphatic imine (C=N–C) groups is 1. The van der Waals surface area contributed by atoms with Gasteiger partial charge in [-0.05, 0) is 6.07 Å². The summed E-state index contributed by atoms with van der Waals surface area (Å²) in [5, 5.41) is 3.99. The van der Waals surface area contributed by atoms with Crippen LogP contribution in [0.15, 0.2) is 40.5 Å². The van der Waals surface area contributed by atoms with Gasteiger partial charge in [-0.3, -0.25) is 4.99 Å². The first kappa shape index (κ1) is 7.50. The van der Waals surface area contributed by atoms with Gasteiger partial charge < -0.3 is 4.84 Å². The van der Waals surface area contributed by atoms with Crippen LogP contribution in [0.4, 0.5) is 0 Å². The van der Waals surface area contributed by atoms with Crippen molar-refractivity contribution in [1.82, 2.24) is 0 Å². The lowest BCUT2D eigenvalue weighted by Gasteiger charge is -2.17. The molecule has 0 spiro atoms. The maximum atomic E-state index is 5.25. The third-order valence-corrected chi connectivity index (χ3v) is 2.31. The highest BCUT2D eigenvalue weighted by Gasteiger charge is 2.19. The van der Waals surface area contributed by atoms with Gasteiger partial charge in [0.15, 0.2) is 5.75 Å². The molecule has 0 amide bonds. The topological polar surface area (TPSA) is 34.0 Å². The Labute approximate surface area is 81.4 Å². The van der Waals surface area contributed by atoms with Gasteiger partial charge in [0.2, 0.25) is 0 Å². The van der Waals surface area contributed by atoms with E-state index >= 15 is 0 Å². The van der Waals surface area contributed by atoms with Crippen LogP contribution < -0.4 is 4.84 Å². The molecule has 0 bridgehead atoms. The van der Waals surface area contributed by atoms with E-state index in [2.05, 4.69) is 16.2 Å². The van der Waals surface area contributed by atoms with E-state index in [0.717, 1.165) is 29.1 Å². The minimum Gasteiger partial charge on any atom is -0.356 e. The smallest absolute Gasteiger partial charge is 0.165 e. The van der Waals surface area contributed by atoms with Crippen molar-refractivity contribution in [3.63, 3.8) is 0 Å². The van der Waals surface area contributed by atoms with Gasteiger partial charge in [-0.15, -0.1) is 0 Å². The number of allylic oxidation sites excluding steroid dienone is 1. The first-order chi connectivity index (χ1) is 6.95. The third-order valence-electron chi connectivity index (χ3n) is 2.31. The third kappa shape index (κ3) is 0.988. The second kappa shape index (κ2) is 2.80. The van der Waals surface area contributed by atoms with E-state index in [1.165, 1.54) is 0 Å². The average molecular weight is 184 g/mol. The molecule has 0 aromatic heterocycles. The Kier molecular flexibility index (Phi) is 1.50. The summed E-state index contributed by atoms with van der Waals surface area (Å²) >= 11 is 0. The molecule has 0 saturated carbocycles. The zero-order valence-electron chi connectivity index (χ0n) is 7.47. The first-order valence-corrected chi connectivity index (χ1v) is 4.50. The molecule has 2 aliphatic heterocycles. The van der Waals surface area contributed by atoms with Gasteiger partial charge in [0, 0.05) is 11.1 Å². The highest BCUT2D eigenvalue weighted by atomic mass is 16.6. The number of hydrogen-bond donors (Lipinski definition) is 0. The molecule has 1 aromatic carbocycles. The molecular weight excluding hydrogens is 176 g/mol. The Balaban J connectivity index is 2.20. The van der Waals surface area contributed by atoms with Crippen LogP contribution in [0.2, 0.25) is 0 Å². The second-order valence-electron chi connectivity index (χ2n) is 3.18. The zero-order valence-corrected chi connectivity index (χ0v) is 7.47. The van der Waals surface area contributed by atoms with Crippen LogP contribution >= 0.6 is 0 Å². The molecule has 2 heterocycles. The van der Waals surface area contributed by atoms with E-state index in [1.807, 2.05) is 24.3 Å². The number of nitrogens with zero attached hydrogens (tertiary/aromatic N) is 2. The molecule has 0 N–H and O–H groups in total. The monoisotopic (exact) mass is 184 g/mol. The van der Waals surface area contributed by atoms with Gasteiger partial charge in [0.25, 0.3) is 0 Å². The van der Waals surface area contributed by atoms with Crippen LogP contribution in [0.5, 0.6) is 5.75 Å². The molecule has 68 valence electrons. The summed E-state index contributed by atoms with van der Waals surface area (Å²) in [6, 6.07) is 7.89. The van der Waals surface area contributed by atoms with E-state index < -0.39 is 0 Å². The molecule has 2 aliphatic rings. The van der Waals surface area contributed by atoms with Crippen LogP contribution in [-0.4, -0.2) is 18.5 Å². The second-order valence-corrected chi connectivity index (χ2v) is 3.18. The summed E-state index contributed by atoms with van der Waals surface area (Å²) in [6.45, 7) is 0.725. The number of hydrogen-bond acceptors (Lipinski definition) is 3. The fraction of sp³-hybridized carbons (Fsp3) is 0.0909. The minimum absolute atomic E-state index is 0.725. The molecule has 0 saturated heterocycles. The highest BCUT2D eigenvalue weighted by molar-refractivity contribution is 6.51. The number of benzene rings is 1. The Hall–Kier alpha value is -1.90. The van der Waals surface area contributed by atoms with Gasteiger partial charge in [0.05, 0.1) is 12.8 Å². The Morgan fingerprint density at radius 2 is 2.14 bits per heavy atom. The highest BCUT2D eigenvalue weighted by Crippen LogP contribution is 2.31. The van der Waals surface area contributed by atoms with Gasteiger partial charge in [-0.1, -0.05) is 29.4 Å². The molecule has 3 rings (SSSR count). The fourth-order valence-electron chi connectivity index (χ4n) is 1.65. The van der Waals surface area contributed by atoms with Crippen molar-refractivity contribution in [3.05, 3.63) is 35.9 Å². The molecule has 3 heteroatoms. The van der Waals surface area contributed by atoms with E-state index in [1.54, 1.807) is 6.21 Å². The summed E-state index contributed by atoms with van der Waals surface area (Å²) in [4.78, 5) is 9.37. The number of oxime groups is 1. The first-order valence-electron chi connectivity index (χ1n) is 4.50. The molecular formula is C11H8N2O. The molecule has 1 aromatic rings. The van der Waals surface area contributed by atoms with Gasteiger partial charge in [-0.25, -0.2) is 0 Å². The lowest BCUT2D eigenvalue weighted by atomic mass is 9.98. The lowest BCUT2D eigenvalue weighted by molar-refractivity contribution is 0.339. The maximum absolute atomic E-state index is 5.25.